The van der Waals surface area contributed by atoms with Crippen molar-refractivity contribution in [3.63, 3.8) is 0 Å². The lowest BCUT2D eigenvalue weighted by atomic mass is 10.2. The standard InChI is InChI=1S/C13H18N4O2/c1-9(18)15-10-2-4-11(5-3-10)16-13(19)17-12-6-7-14-8-12/h2-5,12,14H,6-8H2,1H3,(H,15,18)(H2,16,17,19)/t12-/m0/s1. The number of benzene rings is 1. The molecular formula is C13H18N4O2. The van der Waals surface area contributed by atoms with Gasteiger partial charge in [0.1, 0.15) is 0 Å². The van der Waals surface area contributed by atoms with Gasteiger partial charge in [-0.2, -0.15) is 0 Å². The molecule has 0 aromatic heterocycles. The lowest BCUT2D eigenvalue weighted by Gasteiger charge is -2.12. The first kappa shape index (κ1) is 13.4. The maximum Gasteiger partial charge on any atom is 0.319 e. The predicted octanol–water partition coefficient (Wildman–Crippen LogP) is 1.13. The van der Waals surface area contributed by atoms with Crippen LogP contribution in [0.5, 0.6) is 0 Å². The lowest BCUT2D eigenvalue weighted by Crippen LogP contribution is -2.39. The smallest absolute Gasteiger partial charge is 0.319 e. The van der Waals surface area contributed by atoms with Crippen LogP contribution in [0.4, 0.5) is 16.2 Å². The van der Waals surface area contributed by atoms with Crippen LogP contribution in [0.1, 0.15) is 13.3 Å². The van der Waals surface area contributed by atoms with E-state index >= 15 is 0 Å². The number of carbonyl (C=O) groups is 2. The molecule has 0 spiro atoms. The Bertz CT molecular complexity index is 452. The zero-order chi connectivity index (χ0) is 13.7. The highest BCUT2D eigenvalue weighted by Gasteiger charge is 2.16. The van der Waals surface area contributed by atoms with Crippen molar-refractivity contribution < 1.29 is 9.59 Å². The highest BCUT2D eigenvalue weighted by atomic mass is 16.2. The van der Waals surface area contributed by atoms with E-state index in [1.54, 1.807) is 24.3 Å². The maximum absolute atomic E-state index is 11.7. The number of anilines is 2. The largest absolute Gasteiger partial charge is 0.334 e. The summed E-state index contributed by atoms with van der Waals surface area (Å²) in [5.74, 6) is -0.118. The van der Waals surface area contributed by atoms with Crippen molar-refractivity contribution in [2.24, 2.45) is 0 Å². The molecule has 1 aromatic carbocycles. The maximum atomic E-state index is 11.7. The van der Waals surface area contributed by atoms with Gasteiger partial charge in [-0.05, 0) is 37.2 Å². The molecular weight excluding hydrogens is 244 g/mol. The van der Waals surface area contributed by atoms with Gasteiger partial charge in [-0.1, -0.05) is 0 Å². The van der Waals surface area contributed by atoms with E-state index < -0.39 is 0 Å². The zero-order valence-electron chi connectivity index (χ0n) is 10.8. The predicted molar refractivity (Wildman–Crippen MR) is 74.2 cm³/mol. The van der Waals surface area contributed by atoms with Crippen molar-refractivity contribution in [3.8, 4) is 0 Å². The normalized spacial score (nSPS) is 17.8. The molecule has 0 saturated carbocycles. The topological polar surface area (TPSA) is 82.3 Å². The summed E-state index contributed by atoms with van der Waals surface area (Å²) < 4.78 is 0. The summed E-state index contributed by atoms with van der Waals surface area (Å²) in [7, 11) is 0. The number of carbonyl (C=O) groups excluding carboxylic acids is 2. The molecule has 6 nitrogen and oxygen atoms in total. The molecule has 0 radical (unpaired) electrons. The Balaban J connectivity index is 1.84. The first-order valence-electron chi connectivity index (χ1n) is 6.29. The Hall–Kier alpha value is -2.08. The number of hydrogen-bond donors (Lipinski definition) is 4. The summed E-state index contributed by atoms with van der Waals surface area (Å²) in [5.41, 5.74) is 1.40. The fourth-order valence-electron chi connectivity index (χ4n) is 1.97. The monoisotopic (exact) mass is 262 g/mol. The molecule has 0 aliphatic carbocycles. The second-order valence-electron chi connectivity index (χ2n) is 4.55. The molecule has 1 aromatic rings. The molecule has 19 heavy (non-hydrogen) atoms. The van der Waals surface area contributed by atoms with Crippen LogP contribution >= 0.6 is 0 Å². The minimum Gasteiger partial charge on any atom is -0.334 e. The first-order chi connectivity index (χ1) is 9.13. The van der Waals surface area contributed by atoms with Crippen molar-refractivity contribution in [2.45, 2.75) is 19.4 Å². The van der Waals surface area contributed by atoms with Gasteiger partial charge in [-0.15, -0.1) is 0 Å². The van der Waals surface area contributed by atoms with E-state index in [4.69, 9.17) is 0 Å². The molecule has 102 valence electrons. The summed E-state index contributed by atoms with van der Waals surface area (Å²) in [6.07, 6.45) is 0.953. The van der Waals surface area contributed by atoms with E-state index in [-0.39, 0.29) is 18.0 Å². The average molecular weight is 262 g/mol. The fraction of sp³-hybridized carbons (Fsp3) is 0.385. The van der Waals surface area contributed by atoms with Crippen molar-refractivity contribution in [1.82, 2.24) is 10.6 Å². The van der Waals surface area contributed by atoms with Crippen LogP contribution < -0.4 is 21.3 Å². The molecule has 1 fully saturated rings. The van der Waals surface area contributed by atoms with Gasteiger partial charge in [0.05, 0.1) is 0 Å². The van der Waals surface area contributed by atoms with Gasteiger partial charge in [0.25, 0.3) is 0 Å². The van der Waals surface area contributed by atoms with Crippen LogP contribution in [0.2, 0.25) is 0 Å². The SMILES string of the molecule is CC(=O)Nc1ccc(NC(=O)N[C@H]2CCNC2)cc1. The minimum atomic E-state index is -0.207. The Morgan fingerprint density at radius 2 is 1.79 bits per heavy atom. The van der Waals surface area contributed by atoms with Gasteiger partial charge in [-0.3, -0.25) is 4.79 Å². The van der Waals surface area contributed by atoms with Crippen LogP contribution in [-0.4, -0.2) is 31.1 Å². The van der Waals surface area contributed by atoms with E-state index in [1.165, 1.54) is 6.92 Å². The third-order valence-electron chi connectivity index (χ3n) is 2.86. The molecule has 0 unspecified atom stereocenters. The Kier molecular flexibility index (Phi) is 4.35. The van der Waals surface area contributed by atoms with E-state index in [2.05, 4.69) is 21.3 Å². The van der Waals surface area contributed by atoms with Gasteiger partial charge in [0, 0.05) is 30.9 Å². The minimum absolute atomic E-state index is 0.118. The second-order valence-corrected chi connectivity index (χ2v) is 4.55. The molecule has 1 aliphatic heterocycles. The van der Waals surface area contributed by atoms with Crippen LogP contribution in [0.25, 0.3) is 0 Å². The Morgan fingerprint density at radius 3 is 2.32 bits per heavy atom. The van der Waals surface area contributed by atoms with Gasteiger partial charge in [0.2, 0.25) is 5.91 Å². The summed E-state index contributed by atoms with van der Waals surface area (Å²) in [4.78, 5) is 22.6. The van der Waals surface area contributed by atoms with Crippen LogP contribution in [0.15, 0.2) is 24.3 Å². The molecule has 6 heteroatoms. The van der Waals surface area contributed by atoms with E-state index in [0.717, 1.165) is 19.5 Å². The average Bonchev–Trinajstić information content (AvgIpc) is 2.83. The third kappa shape index (κ3) is 4.26. The fourth-order valence-corrected chi connectivity index (χ4v) is 1.97. The number of amides is 3. The van der Waals surface area contributed by atoms with Crippen molar-refractivity contribution >= 4 is 23.3 Å². The number of rotatable bonds is 3. The van der Waals surface area contributed by atoms with Crippen molar-refractivity contribution in [3.05, 3.63) is 24.3 Å². The van der Waals surface area contributed by atoms with Crippen molar-refractivity contribution in [1.29, 1.82) is 0 Å². The summed E-state index contributed by atoms with van der Waals surface area (Å²) in [5, 5.41) is 11.5. The summed E-state index contributed by atoms with van der Waals surface area (Å²) in [6.45, 7) is 3.21. The van der Waals surface area contributed by atoms with Crippen LogP contribution in [0.3, 0.4) is 0 Å². The number of hydrogen-bond acceptors (Lipinski definition) is 3. The highest BCUT2D eigenvalue weighted by molar-refractivity contribution is 5.91. The van der Waals surface area contributed by atoms with Gasteiger partial charge in [-0.25, -0.2) is 4.79 Å². The van der Waals surface area contributed by atoms with Crippen LogP contribution in [0, 0.1) is 0 Å². The molecule has 2 rings (SSSR count). The van der Waals surface area contributed by atoms with Crippen molar-refractivity contribution in [2.75, 3.05) is 23.7 Å². The summed E-state index contributed by atoms with van der Waals surface area (Å²) >= 11 is 0. The lowest BCUT2D eigenvalue weighted by molar-refractivity contribution is -0.114. The Morgan fingerprint density at radius 1 is 1.16 bits per heavy atom. The zero-order valence-corrected chi connectivity index (χ0v) is 10.8. The number of nitrogens with one attached hydrogen (secondary N) is 4. The molecule has 1 heterocycles. The first-order valence-corrected chi connectivity index (χ1v) is 6.29. The molecule has 1 atom stereocenters. The molecule has 4 N–H and O–H groups in total. The molecule has 3 amide bonds. The van der Waals surface area contributed by atoms with Crippen LogP contribution in [-0.2, 0) is 4.79 Å². The Labute approximate surface area is 112 Å². The number of urea groups is 1. The van der Waals surface area contributed by atoms with E-state index in [9.17, 15) is 9.59 Å². The molecule has 1 aliphatic rings. The highest BCUT2D eigenvalue weighted by Crippen LogP contribution is 2.13. The summed E-state index contributed by atoms with van der Waals surface area (Å²) in [6, 6.07) is 6.97. The van der Waals surface area contributed by atoms with E-state index in [0.29, 0.717) is 11.4 Å². The third-order valence-corrected chi connectivity index (χ3v) is 2.86. The molecule has 0 bridgehead atoms. The molecule has 1 saturated heterocycles. The van der Waals surface area contributed by atoms with Gasteiger partial charge < -0.3 is 21.3 Å². The van der Waals surface area contributed by atoms with Gasteiger partial charge in [0.15, 0.2) is 0 Å². The van der Waals surface area contributed by atoms with Gasteiger partial charge >= 0.3 is 6.03 Å². The van der Waals surface area contributed by atoms with E-state index in [1.807, 2.05) is 0 Å². The second kappa shape index (κ2) is 6.19. The quantitative estimate of drug-likeness (QED) is 0.659.